The average Bonchev–Trinajstić information content (AvgIpc) is 2.72. The van der Waals surface area contributed by atoms with Gasteiger partial charge in [-0.25, -0.2) is 4.98 Å². The molecule has 0 bridgehead atoms. The van der Waals surface area contributed by atoms with Crippen molar-refractivity contribution in [2.75, 3.05) is 13.1 Å². The first-order valence-corrected chi connectivity index (χ1v) is 7.01. The normalized spacial score (nSPS) is 21.2. The summed E-state index contributed by atoms with van der Waals surface area (Å²) in [5, 5.41) is 6.87. The molecule has 6 heteroatoms. The number of amides is 1. The van der Waals surface area contributed by atoms with Gasteiger partial charge in [0.25, 0.3) is 5.91 Å². The molecule has 0 saturated carbocycles. The van der Waals surface area contributed by atoms with Crippen LogP contribution in [0.15, 0.2) is 0 Å². The number of H-pyrrole nitrogens is 1. The summed E-state index contributed by atoms with van der Waals surface area (Å²) in [6.45, 7) is 13.1. The van der Waals surface area contributed by atoms with Gasteiger partial charge in [0.2, 0.25) is 5.82 Å². The van der Waals surface area contributed by atoms with Gasteiger partial charge in [0.15, 0.2) is 0 Å². The number of nitrogens with zero attached hydrogens (tertiary/aromatic N) is 3. The van der Waals surface area contributed by atoms with Crippen LogP contribution < -0.4 is 0 Å². The van der Waals surface area contributed by atoms with Crippen molar-refractivity contribution in [3.63, 3.8) is 0 Å². The van der Waals surface area contributed by atoms with Crippen LogP contribution in [0.5, 0.6) is 0 Å². The van der Waals surface area contributed by atoms with Gasteiger partial charge < -0.3 is 9.64 Å². The third-order valence-corrected chi connectivity index (χ3v) is 3.22. The van der Waals surface area contributed by atoms with Gasteiger partial charge in [0, 0.05) is 19.0 Å². The highest BCUT2D eigenvalue weighted by Gasteiger charge is 2.40. The summed E-state index contributed by atoms with van der Waals surface area (Å²) in [5.74, 6) is 1.06. The van der Waals surface area contributed by atoms with Crippen LogP contribution in [0.25, 0.3) is 0 Å². The summed E-state index contributed by atoms with van der Waals surface area (Å²) >= 11 is 0. The van der Waals surface area contributed by atoms with Crippen molar-refractivity contribution < 1.29 is 9.53 Å². The lowest BCUT2D eigenvalue weighted by molar-refractivity contribution is -0.171. The van der Waals surface area contributed by atoms with E-state index >= 15 is 0 Å². The molecule has 1 fully saturated rings. The van der Waals surface area contributed by atoms with Crippen LogP contribution in [0, 0.1) is 0 Å². The van der Waals surface area contributed by atoms with Crippen LogP contribution in [0.4, 0.5) is 0 Å². The summed E-state index contributed by atoms with van der Waals surface area (Å²) in [7, 11) is 0. The van der Waals surface area contributed by atoms with Crippen molar-refractivity contribution in [3.8, 4) is 0 Å². The molecule has 1 amide bonds. The Kier molecular flexibility index (Phi) is 3.62. The highest BCUT2D eigenvalue weighted by molar-refractivity contribution is 5.90. The third-order valence-electron chi connectivity index (χ3n) is 3.22. The Morgan fingerprint density at radius 2 is 1.80 bits per heavy atom. The Morgan fingerprint density at radius 1 is 1.25 bits per heavy atom. The van der Waals surface area contributed by atoms with Gasteiger partial charge in [-0.3, -0.25) is 9.89 Å². The molecule has 0 spiro atoms. The second-order valence-electron chi connectivity index (χ2n) is 6.98. The van der Waals surface area contributed by atoms with Gasteiger partial charge in [-0.2, -0.15) is 0 Å². The number of hydrogen-bond donors (Lipinski definition) is 1. The van der Waals surface area contributed by atoms with E-state index in [4.69, 9.17) is 4.74 Å². The molecule has 1 saturated heterocycles. The maximum Gasteiger partial charge on any atom is 0.293 e. The van der Waals surface area contributed by atoms with Crippen LogP contribution in [0.2, 0.25) is 0 Å². The lowest BCUT2D eigenvalue weighted by Gasteiger charge is -2.46. The minimum absolute atomic E-state index is 0.141. The Balaban J connectivity index is 2.19. The molecule has 112 valence electrons. The number of morpholine rings is 1. The zero-order valence-corrected chi connectivity index (χ0v) is 13.1. The summed E-state index contributed by atoms with van der Waals surface area (Å²) in [5.41, 5.74) is -0.733. The Bertz CT molecular complexity index is 489. The highest BCUT2D eigenvalue weighted by atomic mass is 16.5. The Hall–Kier alpha value is -1.43. The van der Waals surface area contributed by atoms with E-state index in [-0.39, 0.29) is 28.9 Å². The van der Waals surface area contributed by atoms with Crippen molar-refractivity contribution in [1.82, 2.24) is 20.1 Å². The molecular formula is C14H24N4O2. The maximum atomic E-state index is 12.5. The second-order valence-corrected chi connectivity index (χ2v) is 6.98. The number of carbonyl (C=O) groups excluding carboxylic acids is 1. The largest absolute Gasteiger partial charge is 0.366 e. The quantitative estimate of drug-likeness (QED) is 0.899. The Morgan fingerprint density at radius 3 is 2.25 bits per heavy atom. The predicted molar refractivity (Wildman–Crippen MR) is 75.6 cm³/mol. The molecule has 0 unspecified atom stereocenters. The number of nitrogens with one attached hydrogen (secondary N) is 1. The second kappa shape index (κ2) is 4.84. The zero-order chi connectivity index (χ0) is 15.1. The topological polar surface area (TPSA) is 71.1 Å². The average molecular weight is 280 g/mol. The third kappa shape index (κ3) is 3.17. The molecule has 1 aliphatic rings. The van der Waals surface area contributed by atoms with Gasteiger partial charge in [-0.15, -0.1) is 5.10 Å². The van der Waals surface area contributed by atoms with Crippen LogP contribution in [-0.4, -0.2) is 50.3 Å². The molecule has 0 radical (unpaired) electrons. The number of rotatable bonds is 2. The van der Waals surface area contributed by atoms with Crippen LogP contribution in [0.1, 0.15) is 63.9 Å². The fourth-order valence-electron chi connectivity index (χ4n) is 2.70. The van der Waals surface area contributed by atoms with Crippen molar-refractivity contribution in [2.45, 2.75) is 58.7 Å². The van der Waals surface area contributed by atoms with Crippen LogP contribution >= 0.6 is 0 Å². The molecule has 20 heavy (non-hydrogen) atoms. The SMILES string of the molecule is CC(C)c1nc(C(=O)N2CC(C)(C)OC(C)(C)C2)n[nH]1. The molecule has 1 aliphatic heterocycles. The molecule has 1 aromatic rings. The predicted octanol–water partition coefficient (Wildman–Crippen LogP) is 1.96. The first-order chi connectivity index (χ1) is 9.10. The summed E-state index contributed by atoms with van der Waals surface area (Å²) in [6.07, 6.45) is 0. The number of aromatic amines is 1. The minimum Gasteiger partial charge on any atom is -0.366 e. The van der Waals surface area contributed by atoms with Crippen LogP contribution in [-0.2, 0) is 4.74 Å². The molecule has 2 heterocycles. The fourth-order valence-corrected chi connectivity index (χ4v) is 2.70. The lowest BCUT2D eigenvalue weighted by Crippen LogP contribution is -2.58. The van der Waals surface area contributed by atoms with E-state index in [1.807, 2.05) is 41.5 Å². The van der Waals surface area contributed by atoms with E-state index < -0.39 is 0 Å². The van der Waals surface area contributed by atoms with Gasteiger partial charge in [-0.05, 0) is 27.7 Å². The first kappa shape index (κ1) is 15.0. The summed E-state index contributed by atoms with van der Waals surface area (Å²) in [4.78, 5) is 18.6. The lowest BCUT2D eigenvalue weighted by atomic mass is 9.99. The molecule has 0 atom stereocenters. The number of carbonyl (C=O) groups is 1. The zero-order valence-electron chi connectivity index (χ0n) is 13.1. The molecule has 1 aromatic heterocycles. The van der Waals surface area contributed by atoms with Crippen molar-refractivity contribution in [1.29, 1.82) is 0 Å². The van der Waals surface area contributed by atoms with Gasteiger partial charge >= 0.3 is 0 Å². The van der Waals surface area contributed by atoms with Gasteiger partial charge in [-0.1, -0.05) is 13.8 Å². The monoisotopic (exact) mass is 280 g/mol. The molecule has 6 nitrogen and oxygen atoms in total. The molecule has 0 aromatic carbocycles. The van der Waals surface area contributed by atoms with E-state index in [1.165, 1.54) is 0 Å². The molecule has 2 rings (SSSR count). The van der Waals surface area contributed by atoms with Gasteiger partial charge in [0.1, 0.15) is 5.82 Å². The summed E-state index contributed by atoms with van der Waals surface area (Å²) in [6, 6.07) is 0. The Labute approximate surface area is 119 Å². The number of hydrogen-bond acceptors (Lipinski definition) is 4. The standard InChI is InChI=1S/C14H24N4O2/c1-9(2)10-15-11(17-16-10)12(19)18-7-13(3,4)20-14(5,6)8-18/h9H,7-8H2,1-6H3,(H,15,16,17). The van der Waals surface area contributed by atoms with E-state index in [0.29, 0.717) is 13.1 Å². The molecule has 0 aliphatic carbocycles. The van der Waals surface area contributed by atoms with E-state index in [1.54, 1.807) is 4.90 Å². The van der Waals surface area contributed by atoms with E-state index in [0.717, 1.165) is 5.82 Å². The van der Waals surface area contributed by atoms with Crippen molar-refractivity contribution in [2.24, 2.45) is 0 Å². The fraction of sp³-hybridized carbons (Fsp3) is 0.786. The number of aromatic nitrogens is 3. The van der Waals surface area contributed by atoms with E-state index in [2.05, 4.69) is 15.2 Å². The first-order valence-electron chi connectivity index (χ1n) is 7.01. The van der Waals surface area contributed by atoms with Crippen molar-refractivity contribution >= 4 is 5.91 Å². The molecule has 1 N–H and O–H groups in total. The van der Waals surface area contributed by atoms with E-state index in [9.17, 15) is 4.79 Å². The van der Waals surface area contributed by atoms with Gasteiger partial charge in [0.05, 0.1) is 11.2 Å². The maximum absolute atomic E-state index is 12.5. The molecular weight excluding hydrogens is 256 g/mol. The highest BCUT2D eigenvalue weighted by Crippen LogP contribution is 2.28. The summed E-state index contributed by atoms with van der Waals surface area (Å²) < 4.78 is 5.98. The minimum atomic E-state index is -0.366. The van der Waals surface area contributed by atoms with Crippen LogP contribution in [0.3, 0.4) is 0 Å². The number of ether oxygens (including phenoxy) is 1. The smallest absolute Gasteiger partial charge is 0.293 e. The van der Waals surface area contributed by atoms with Crippen molar-refractivity contribution in [3.05, 3.63) is 11.6 Å².